The molecule has 0 aromatic carbocycles. The topological polar surface area (TPSA) is 50.5 Å². The van der Waals surface area contributed by atoms with Crippen LogP contribution in [0.4, 0.5) is 0 Å². The lowest BCUT2D eigenvalue weighted by atomic mass is 10.2. The van der Waals surface area contributed by atoms with Gasteiger partial charge in [-0.1, -0.05) is 6.07 Å². The number of likely N-dealkylation sites (tertiary alicyclic amines) is 1. The summed E-state index contributed by atoms with van der Waals surface area (Å²) in [5, 5.41) is 12.3. The van der Waals surface area contributed by atoms with Gasteiger partial charge in [0.25, 0.3) is 5.91 Å². The second-order valence-corrected chi connectivity index (χ2v) is 5.94. The van der Waals surface area contributed by atoms with Gasteiger partial charge in [0.1, 0.15) is 0 Å². The third-order valence-corrected chi connectivity index (χ3v) is 4.60. The minimum atomic E-state index is 0.00907. The van der Waals surface area contributed by atoms with Gasteiger partial charge < -0.3 is 4.90 Å². The van der Waals surface area contributed by atoms with Crippen molar-refractivity contribution in [2.45, 2.75) is 18.9 Å². The van der Waals surface area contributed by atoms with Crippen LogP contribution in [0.3, 0.4) is 0 Å². The largest absolute Gasteiger partial charge is 0.328 e. The van der Waals surface area contributed by atoms with E-state index in [4.69, 9.17) is 0 Å². The zero-order valence-corrected chi connectivity index (χ0v) is 12.2. The summed E-state index contributed by atoms with van der Waals surface area (Å²) in [6, 6.07) is 7.71. The Bertz CT molecular complexity index is 780. The summed E-state index contributed by atoms with van der Waals surface area (Å²) in [6.07, 6.45) is 3.89. The van der Waals surface area contributed by atoms with Crippen LogP contribution >= 0.6 is 11.3 Å². The summed E-state index contributed by atoms with van der Waals surface area (Å²) < 4.78 is 1.98. The number of carbonyl (C=O) groups is 1. The first-order chi connectivity index (χ1) is 10.3. The molecule has 1 amide bonds. The summed E-state index contributed by atoms with van der Waals surface area (Å²) in [6.45, 7) is 0.779. The van der Waals surface area contributed by atoms with Crippen molar-refractivity contribution in [2.75, 3.05) is 6.54 Å². The first-order valence-electron chi connectivity index (χ1n) is 6.97. The van der Waals surface area contributed by atoms with E-state index in [9.17, 15) is 4.79 Å². The highest BCUT2D eigenvalue weighted by molar-refractivity contribution is 7.08. The number of carbonyl (C=O) groups excluding carboxylic acids is 1. The Morgan fingerprint density at radius 2 is 2.24 bits per heavy atom. The molecule has 1 aliphatic heterocycles. The number of rotatable bonds is 2. The summed E-state index contributed by atoms with van der Waals surface area (Å²) in [7, 11) is 0. The third kappa shape index (κ3) is 2.03. The van der Waals surface area contributed by atoms with Crippen LogP contribution in [0.5, 0.6) is 0 Å². The van der Waals surface area contributed by atoms with E-state index in [0.717, 1.165) is 36.4 Å². The molecule has 1 fully saturated rings. The molecule has 106 valence electrons. The van der Waals surface area contributed by atoms with Crippen LogP contribution in [-0.2, 0) is 0 Å². The second-order valence-electron chi connectivity index (χ2n) is 5.16. The van der Waals surface area contributed by atoms with Gasteiger partial charge in [-0.05, 0) is 36.4 Å². The van der Waals surface area contributed by atoms with E-state index in [2.05, 4.69) is 10.2 Å². The summed E-state index contributed by atoms with van der Waals surface area (Å²) in [5.74, 6) is 0.943. The van der Waals surface area contributed by atoms with E-state index in [1.807, 2.05) is 50.5 Å². The molecule has 6 heteroatoms. The molecule has 0 spiro atoms. The summed E-state index contributed by atoms with van der Waals surface area (Å²) >= 11 is 1.55. The molecule has 3 aromatic rings. The van der Waals surface area contributed by atoms with E-state index in [0.29, 0.717) is 0 Å². The number of nitrogens with zero attached hydrogens (tertiary/aromatic N) is 4. The fourth-order valence-corrected chi connectivity index (χ4v) is 3.55. The van der Waals surface area contributed by atoms with Crippen molar-refractivity contribution in [1.29, 1.82) is 0 Å². The van der Waals surface area contributed by atoms with Crippen LogP contribution < -0.4 is 0 Å². The Kier molecular flexibility index (Phi) is 2.96. The van der Waals surface area contributed by atoms with Crippen LogP contribution in [0, 0.1) is 0 Å². The van der Waals surface area contributed by atoms with Gasteiger partial charge in [0.05, 0.1) is 11.6 Å². The van der Waals surface area contributed by atoms with Crippen LogP contribution in [0.2, 0.25) is 0 Å². The first kappa shape index (κ1) is 12.5. The lowest BCUT2D eigenvalue weighted by molar-refractivity contribution is 0.0730. The Morgan fingerprint density at radius 3 is 3.10 bits per heavy atom. The molecule has 5 nitrogen and oxygen atoms in total. The normalized spacial score (nSPS) is 18.5. The predicted molar refractivity (Wildman–Crippen MR) is 80.3 cm³/mol. The van der Waals surface area contributed by atoms with Crippen molar-refractivity contribution in [3.8, 4) is 0 Å². The van der Waals surface area contributed by atoms with E-state index < -0.39 is 0 Å². The third-order valence-electron chi connectivity index (χ3n) is 3.92. The van der Waals surface area contributed by atoms with Crippen molar-refractivity contribution in [3.63, 3.8) is 0 Å². The smallest absolute Gasteiger partial charge is 0.255 e. The van der Waals surface area contributed by atoms with E-state index >= 15 is 0 Å². The zero-order chi connectivity index (χ0) is 14.2. The number of thiophene rings is 1. The highest BCUT2D eigenvalue weighted by Gasteiger charge is 2.33. The minimum Gasteiger partial charge on any atom is -0.328 e. The average molecular weight is 298 g/mol. The minimum absolute atomic E-state index is 0.00907. The van der Waals surface area contributed by atoms with Crippen LogP contribution in [-0.4, -0.2) is 31.9 Å². The summed E-state index contributed by atoms with van der Waals surface area (Å²) in [4.78, 5) is 14.5. The molecule has 0 saturated carbocycles. The summed E-state index contributed by atoms with van der Waals surface area (Å²) in [5.41, 5.74) is 1.59. The number of aromatic nitrogens is 3. The van der Waals surface area contributed by atoms with E-state index in [1.54, 1.807) is 11.3 Å². The molecule has 1 atom stereocenters. The van der Waals surface area contributed by atoms with Crippen LogP contribution in [0.15, 0.2) is 41.2 Å². The number of pyridine rings is 1. The molecule has 4 heterocycles. The maximum Gasteiger partial charge on any atom is 0.255 e. The van der Waals surface area contributed by atoms with E-state index in [1.165, 1.54) is 0 Å². The maximum atomic E-state index is 12.6. The number of hydrogen-bond acceptors (Lipinski definition) is 4. The van der Waals surface area contributed by atoms with E-state index in [-0.39, 0.29) is 11.9 Å². The molecular weight excluding hydrogens is 284 g/mol. The number of hydrogen-bond donors (Lipinski definition) is 0. The fourth-order valence-electron chi connectivity index (χ4n) is 2.92. The van der Waals surface area contributed by atoms with Gasteiger partial charge in [0, 0.05) is 18.1 Å². The fraction of sp³-hybridized carbons (Fsp3) is 0.267. The van der Waals surface area contributed by atoms with Gasteiger partial charge in [-0.2, -0.15) is 11.3 Å². The Hall–Kier alpha value is -2.21. The average Bonchev–Trinajstić information content (AvgIpc) is 3.25. The van der Waals surface area contributed by atoms with Crippen molar-refractivity contribution in [1.82, 2.24) is 19.5 Å². The molecule has 1 saturated heterocycles. The zero-order valence-electron chi connectivity index (χ0n) is 11.3. The Balaban J connectivity index is 1.72. The highest BCUT2D eigenvalue weighted by atomic mass is 32.1. The molecule has 0 aliphatic carbocycles. The highest BCUT2D eigenvalue weighted by Crippen LogP contribution is 2.32. The molecule has 0 bridgehead atoms. The molecule has 3 aromatic heterocycles. The molecule has 4 rings (SSSR count). The maximum absolute atomic E-state index is 12.6. The van der Waals surface area contributed by atoms with Crippen molar-refractivity contribution >= 4 is 22.9 Å². The first-order valence-corrected chi connectivity index (χ1v) is 7.92. The Labute approximate surface area is 125 Å². The van der Waals surface area contributed by atoms with Crippen molar-refractivity contribution in [3.05, 3.63) is 52.6 Å². The number of amides is 1. The SMILES string of the molecule is O=C(c1ccsc1)N1CCC[C@@H]1c1nnc2ccccn12. The van der Waals surface area contributed by atoms with Gasteiger partial charge in [0.15, 0.2) is 11.5 Å². The van der Waals surface area contributed by atoms with Gasteiger partial charge in [-0.3, -0.25) is 9.20 Å². The van der Waals surface area contributed by atoms with Gasteiger partial charge >= 0.3 is 0 Å². The van der Waals surface area contributed by atoms with Crippen LogP contribution in [0.25, 0.3) is 5.65 Å². The Morgan fingerprint density at radius 1 is 1.29 bits per heavy atom. The van der Waals surface area contributed by atoms with Gasteiger partial charge in [-0.25, -0.2) is 0 Å². The van der Waals surface area contributed by atoms with Crippen LogP contribution in [0.1, 0.15) is 35.1 Å². The standard InChI is InChI=1S/C15H14N4OS/c20-15(11-6-9-21-10-11)18-8-3-4-12(18)14-17-16-13-5-1-2-7-19(13)14/h1-2,5-7,9-10,12H,3-4,8H2/t12-/m1/s1. The number of fused-ring (bicyclic) bond motifs is 1. The van der Waals surface area contributed by atoms with Gasteiger partial charge in [0.2, 0.25) is 0 Å². The quantitative estimate of drug-likeness (QED) is 0.731. The monoisotopic (exact) mass is 298 g/mol. The lowest BCUT2D eigenvalue weighted by Gasteiger charge is -2.23. The molecule has 0 unspecified atom stereocenters. The molecule has 21 heavy (non-hydrogen) atoms. The molecule has 0 radical (unpaired) electrons. The molecular formula is C15H14N4OS. The second kappa shape index (κ2) is 4.96. The molecule has 1 aliphatic rings. The van der Waals surface area contributed by atoms with Crippen molar-refractivity contribution < 1.29 is 4.79 Å². The predicted octanol–water partition coefficient (Wildman–Crippen LogP) is 2.77. The molecule has 0 N–H and O–H groups in total. The van der Waals surface area contributed by atoms with Crippen molar-refractivity contribution in [2.24, 2.45) is 0 Å². The lowest BCUT2D eigenvalue weighted by Crippen LogP contribution is -2.31. The van der Waals surface area contributed by atoms with Gasteiger partial charge in [-0.15, -0.1) is 10.2 Å².